The number of aryl methyl sites for hydroxylation is 1. The van der Waals surface area contributed by atoms with Crippen molar-refractivity contribution in [2.45, 2.75) is 26.9 Å². The highest BCUT2D eigenvalue weighted by molar-refractivity contribution is 8.18. The van der Waals surface area contributed by atoms with E-state index in [1.807, 2.05) is 74.6 Å². The van der Waals surface area contributed by atoms with Gasteiger partial charge in [-0.3, -0.25) is 19.8 Å². The first-order chi connectivity index (χ1) is 22.8. The van der Waals surface area contributed by atoms with E-state index in [0.29, 0.717) is 64.0 Å². The lowest BCUT2D eigenvalue weighted by atomic mass is 10.1. The Bertz CT molecular complexity index is 2000. The second-order valence-corrected chi connectivity index (χ2v) is 12.3. The molecule has 1 amide bonds. The number of hydrogen-bond acceptors (Lipinski definition) is 7. The number of non-ortho nitro benzene ring substituents is 1. The highest BCUT2D eigenvalue weighted by Crippen LogP contribution is 2.40. The lowest BCUT2D eigenvalue weighted by molar-refractivity contribution is -0.384. The third-order valence-corrected chi connectivity index (χ3v) is 8.87. The molecule has 0 bridgehead atoms. The van der Waals surface area contributed by atoms with Crippen molar-refractivity contribution >= 4 is 62.8 Å². The van der Waals surface area contributed by atoms with E-state index in [4.69, 9.17) is 26.1 Å². The summed E-state index contributed by atoms with van der Waals surface area (Å²) >= 11 is 7.96. The van der Waals surface area contributed by atoms with Gasteiger partial charge < -0.3 is 14.5 Å². The lowest BCUT2D eigenvalue weighted by Gasteiger charge is -2.15. The molecule has 1 saturated heterocycles. The minimum absolute atomic E-state index is 0.0332. The monoisotopic (exact) mass is 666 g/mol. The maximum Gasteiger partial charge on any atom is 0.269 e. The maximum absolute atomic E-state index is 13.9. The smallest absolute Gasteiger partial charge is 0.269 e. The Labute approximate surface area is 281 Å². The summed E-state index contributed by atoms with van der Waals surface area (Å²) in [4.78, 5) is 34.7. The minimum atomic E-state index is -0.459. The van der Waals surface area contributed by atoms with E-state index in [-0.39, 0.29) is 11.6 Å². The molecule has 0 aliphatic carbocycles. The Morgan fingerprint density at radius 3 is 2.55 bits per heavy atom. The van der Waals surface area contributed by atoms with Crippen molar-refractivity contribution in [2.75, 3.05) is 13.2 Å². The van der Waals surface area contributed by atoms with E-state index in [9.17, 15) is 14.9 Å². The number of aliphatic imine (C=N–C) groups is 1. The molecule has 0 atom stereocenters. The number of para-hydroxylation sites is 1. The number of fused-ring (bicyclic) bond motifs is 1. The number of carbonyl (C=O) groups excluding carboxylic acids is 1. The topological polar surface area (TPSA) is 110 Å². The third kappa shape index (κ3) is 7.34. The van der Waals surface area contributed by atoms with Gasteiger partial charge in [-0.1, -0.05) is 59.6 Å². The number of nitrogens with one attached hydrogen (secondary N) is 1. The summed E-state index contributed by atoms with van der Waals surface area (Å²) in [5, 5.41) is 13.1. The predicted molar refractivity (Wildman–Crippen MR) is 188 cm³/mol. The third-order valence-electron chi connectivity index (χ3n) is 7.59. The zero-order valence-electron chi connectivity index (χ0n) is 25.7. The number of hydrogen-bond donors (Lipinski definition) is 1. The van der Waals surface area contributed by atoms with Crippen LogP contribution in [-0.2, 0) is 17.8 Å². The molecular weight excluding hydrogens is 636 g/mol. The van der Waals surface area contributed by atoms with Gasteiger partial charge in [0.1, 0.15) is 6.61 Å². The van der Waals surface area contributed by atoms with Crippen LogP contribution >= 0.6 is 23.4 Å². The van der Waals surface area contributed by atoms with Crippen molar-refractivity contribution in [1.29, 1.82) is 0 Å². The standard InChI is InChI=1S/C36H31ClN4O5S/c1-3-45-32-19-25(18-30(37)34(32)46-22-24-10-8-23(2)9-11-24)20-33-35(42)40(17-16-26-21-38-31-7-5-4-6-29(26)31)36(47-33)39-27-12-14-28(15-13-27)41(43)44/h4-15,18-21,38H,3,16-17,22H2,1-2H3/b33-20-,39-36?. The molecule has 4 aromatic carbocycles. The quantitative estimate of drug-likeness (QED) is 0.0857. The van der Waals surface area contributed by atoms with Gasteiger partial charge in [0.05, 0.1) is 27.1 Å². The van der Waals surface area contributed by atoms with E-state index in [2.05, 4.69) is 4.98 Å². The molecule has 11 heteroatoms. The van der Waals surface area contributed by atoms with Gasteiger partial charge in [0, 0.05) is 35.8 Å². The van der Waals surface area contributed by atoms with Crippen LogP contribution < -0.4 is 9.47 Å². The van der Waals surface area contributed by atoms with Gasteiger partial charge in [0.15, 0.2) is 16.7 Å². The average molecular weight is 667 g/mol. The zero-order chi connectivity index (χ0) is 32.9. The molecular formula is C36H31ClN4O5S. The van der Waals surface area contributed by atoms with Gasteiger partial charge in [-0.2, -0.15) is 0 Å². The average Bonchev–Trinajstić information content (AvgIpc) is 3.60. The second kappa shape index (κ2) is 14.1. The van der Waals surface area contributed by atoms with Crippen LogP contribution in [0.3, 0.4) is 0 Å². The number of amides is 1. The van der Waals surface area contributed by atoms with Gasteiger partial charge >= 0.3 is 0 Å². The van der Waals surface area contributed by atoms with E-state index >= 15 is 0 Å². The van der Waals surface area contributed by atoms with Crippen molar-refractivity contribution in [2.24, 2.45) is 4.99 Å². The first kappa shape index (κ1) is 31.9. The Morgan fingerprint density at radius 1 is 1.04 bits per heavy atom. The number of carbonyl (C=O) groups is 1. The first-order valence-electron chi connectivity index (χ1n) is 15.0. The van der Waals surface area contributed by atoms with Crippen LogP contribution in [0, 0.1) is 17.0 Å². The fourth-order valence-electron chi connectivity index (χ4n) is 5.18. The Kier molecular flexibility index (Phi) is 9.60. The van der Waals surface area contributed by atoms with Crippen LogP contribution in [0.2, 0.25) is 5.02 Å². The number of aromatic nitrogens is 1. The molecule has 0 spiro atoms. The zero-order valence-corrected chi connectivity index (χ0v) is 27.3. The lowest BCUT2D eigenvalue weighted by Crippen LogP contribution is -2.31. The highest BCUT2D eigenvalue weighted by Gasteiger charge is 2.33. The molecule has 6 rings (SSSR count). The highest BCUT2D eigenvalue weighted by atomic mass is 35.5. The SMILES string of the molecule is CCOc1cc(/C=C2\SC(=Nc3ccc([N+](=O)[O-])cc3)N(CCc3c[nH]c4ccccc34)C2=O)cc(Cl)c1OCc1ccc(C)cc1. The van der Waals surface area contributed by atoms with Crippen molar-refractivity contribution < 1.29 is 19.2 Å². The second-order valence-electron chi connectivity index (χ2n) is 10.9. The Balaban J connectivity index is 1.29. The Hall–Kier alpha value is -5.06. The fraction of sp³-hybridized carbons (Fsp3) is 0.167. The summed E-state index contributed by atoms with van der Waals surface area (Å²) in [6.07, 6.45) is 4.32. The summed E-state index contributed by atoms with van der Waals surface area (Å²) in [7, 11) is 0. The fourth-order valence-corrected chi connectivity index (χ4v) is 6.48. The van der Waals surface area contributed by atoms with E-state index < -0.39 is 4.92 Å². The number of benzene rings is 4. The molecule has 9 nitrogen and oxygen atoms in total. The van der Waals surface area contributed by atoms with Crippen LogP contribution in [0.15, 0.2) is 101 Å². The number of thioether (sulfide) groups is 1. The molecule has 1 fully saturated rings. The van der Waals surface area contributed by atoms with Gasteiger partial charge in [-0.05, 0) is 85.1 Å². The Morgan fingerprint density at radius 2 is 1.81 bits per heavy atom. The number of ether oxygens (including phenoxy) is 2. The van der Waals surface area contributed by atoms with Gasteiger partial charge in [-0.25, -0.2) is 4.99 Å². The number of nitro groups is 1. The largest absolute Gasteiger partial charge is 0.490 e. The summed E-state index contributed by atoms with van der Waals surface area (Å²) in [6.45, 7) is 5.02. The minimum Gasteiger partial charge on any atom is -0.490 e. The molecule has 0 unspecified atom stereocenters. The van der Waals surface area contributed by atoms with E-state index in [1.165, 1.54) is 23.9 Å². The van der Waals surface area contributed by atoms with Gasteiger partial charge in [-0.15, -0.1) is 0 Å². The summed E-state index contributed by atoms with van der Waals surface area (Å²) in [5.74, 6) is 0.706. The number of aromatic amines is 1. The predicted octanol–water partition coefficient (Wildman–Crippen LogP) is 8.86. The number of nitrogens with zero attached hydrogens (tertiary/aromatic N) is 3. The normalized spacial score (nSPS) is 14.8. The summed E-state index contributed by atoms with van der Waals surface area (Å²) in [5.41, 5.74) is 5.41. The molecule has 5 aromatic rings. The van der Waals surface area contributed by atoms with Gasteiger partial charge in [0.25, 0.3) is 11.6 Å². The molecule has 0 radical (unpaired) electrons. The van der Waals surface area contributed by atoms with E-state index in [1.54, 1.807) is 29.2 Å². The molecule has 1 aromatic heterocycles. The number of H-pyrrole nitrogens is 1. The molecule has 0 saturated carbocycles. The van der Waals surface area contributed by atoms with Crippen molar-refractivity contribution in [3.05, 3.63) is 133 Å². The van der Waals surface area contributed by atoms with Crippen LogP contribution in [0.4, 0.5) is 11.4 Å². The molecule has 1 aliphatic heterocycles. The van der Waals surface area contributed by atoms with Crippen LogP contribution in [0.5, 0.6) is 11.5 Å². The molecule has 2 heterocycles. The number of rotatable bonds is 11. The molecule has 47 heavy (non-hydrogen) atoms. The van der Waals surface area contributed by atoms with Crippen LogP contribution in [0.1, 0.15) is 29.2 Å². The van der Waals surface area contributed by atoms with Crippen LogP contribution in [-0.4, -0.2) is 39.0 Å². The maximum atomic E-state index is 13.9. The molecule has 1 N–H and O–H groups in total. The van der Waals surface area contributed by atoms with Crippen molar-refractivity contribution in [3.8, 4) is 11.5 Å². The van der Waals surface area contributed by atoms with E-state index in [0.717, 1.165) is 27.6 Å². The number of amidine groups is 1. The van der Waals surface area contributed by atoms with Crippen molar-refractivity contribution in [1.82, 2.24) is 9.88 Å². The summed E-state index contributed by atoms with van der Waals surface area (Å²) < 4.78 is 12.0. The molecule has 1 aliphatic rings. The number of nitro benzene ring substituents is 1. The van der Waals surface area contributed by atoms with Crippen LogP contribution in [0.25, 0.3) is 17.0 Å². The van der Waals surface area contributed by atoms with Gasteiger partial charge in [0.2, 0.25) is 0 Å². The van der Waals surface area contributed by atoms with Crippen molar-refractivity contribution in [3.63, 3.8) is 0 Å². The summed E-state index contributed by atoms with van der Waals surface area (Å²) in [6, 6.07) is 25.6. The first-order valence-corrected chi connectivity index (χ1v) is 16.2. The number of halogens is 1. The molecule has 238 valence electrons.